The molecule has 1 aromatic carbocycles. The van der Waals surface area contributed by atoms with E-state index in [2.05, 4.69) is 36.2 Å². The number of benzene rings is 1. The van der Waals surface area contributed by atoms with Crippen molar-refractivity contribution in [1.29, 1.82) is 0 Å². The highest BCUT2D eigenvalue weighted by Gasteiger charge is 2.17. The molecule has 1 aliphatic rings. The van der Waals surface area contributed by atoms with Crippen molar-refractivity contribution >= 4 is 0 Å². The first kappa shape index (κ1) is 12.4. The summed E-state index contributed by atoms with van der Waals surface area (Å²) in [7, 11) is 0. The molecule has 1 heterocycles. The molecule has 1 nitrogen and oxygen atoms in total. The minimum atomic E-state index is 0.587. The molecule has 0 fully saturated rings. The summed E-state index contributed by atoms with van der Waals surface area (Å²) in [5.74, 6) is 0. The van der Waals surface area contributed by atoms with Crippen molar-refractivity contribution in [3.05, 3.63) is 48.0 Å². The molecule has 92 valence electrons. The van der Waals surface area contributed by atoms with E-state index in [1.807, 2.05) is 6.08 Å². The largest absolute Gasteiger partial charge is 0.310 e. The van der Waals surface area contributed by atoms with Gasteiger partial charge in [0, 0.05) is 6.04 Å². The molecule has 1 N–H and O–H groups in total. The summed E-state index contributed by atoms with van der Waals surface area (Å²) in [5, 5.41) is 3.65. The SMILES string of the molecule is C=CCCCCCC1NCCc2ccccc21. The van der Waals surface area contributed by atoms with Gasteiger partial charge in [0.15, 0.2) is 0 Å². The van der Waals surface area contributed by atoms with Crippen LogP contribution in [0, 0.1) is 0 Å². The van der Waals surface area contributed by atoms with E-state index in [4.69, 9.17) is 0 Å². The number of nitrogens with one attached hydrogen (secondary N) is 1. The van der Waals surface area contributed by atoms with Crippen LogP contribution in [0.2, 0.25) is 0 Å². The third kappa shape index (κ3) is 3.44. The summed E-state index contributed by atoms with van der Waals surface area (Å²) >= 11 is 0. The normalized spacial score (nSPS) is 18.7. The van der Waals surface area contributed by atoms with Crippen LogP contribution < -0.4 is 5.32 Å². The van der Waals surface area contributed by atoms with Crippen LogP contribution >= 0.6 is 0 Å². The monoisotopic (exact) mass is 229 g/mol. The first-order valence-electron chi connectivity index (χ1n) is 6.84. The van der Waals surface area contributed by atoms with Gasteiger partial charge in [-0.2, -0.15) is 0 Å². The van der Waals surface area contributed by atoms with Gasteiger partial charge >= 0.3 is 0 Å². The van der Waals surface area contributed by atoms with Gasteiger partial charge in [-0.15, -0.1) is 6.58 Å². The molecule has 0 radical (unpaired) electrons. The molecule has 0 spiro atoms. The van der Waals surface area contributed by atoms with Crippen LogP contribution in [0.15, 0.2) is 36.9 Å². The standard InChI is InChI=1S/C16H23N/c1-2-3-4-5-6-11-16-15-10-8-7-9-14(15)12-13-17-16/h2,7-10,16-17H,1,3-6,11-13H2. The van der Waals surface area contributed by atoms with Crippen molar-refractivity contribution in [1.82, 2.24) is 5.32 Å². The lowest BCUT2D eigenvalue weighted by molar-refractivity contribution is 0.452. The van der Waals surface area contributed by atoms with Crippen LogP contribution in [-0.4, -0.2) is 6.54 Å². The summed E-state index contributed by atoms with van der Waals surface area (Å²) < 4.78 is 0. The van der Waals surface area contributed by atoms with Gasteiger partial charge in [0.2, 0.25) is 0 Å². The zero-order chi connectivity index (χ0) is 11.9. The Bertz CT molecular complexity index is 356. The Labute approximate surface area is 105 Å². The predicted molar refractivity (Wildman–Crippen MR) is 74.2 cm³/mol. The minimum Gasteiger partial charge on any atom is -0.310 e. The highest BCUT2D eigenvalue weighted by Crippen LogP contribution is 2.26. The number of hydrogen-bond acceptors (Lipinski definition) is 1. The third-order valence-corrected chi connectivity index (χ3v) is 3.62. The van der Waals surface area contributed by atoms with E-state index in [0.717, 1.165) is 13.0 Å². The van der Waals surface area contributed by atoms with E-state index in [0.29, 0.717) is 6.04 Å². The van der Waals surface area contributed by atoms with Gasteiger partial charge in [-0.25, -0.2) is 0 Å². The maximum absolute atomic E-state index is 3.77. The quantitative estimate of drug-likeness (QED) is 0.574. The average molecular weight is 229 g/mol. The molecule has 1 atom stereocenters. The number of unbranched alkanes of at least 4 members (excludes halogenated alkanes) is 3. The van der Waals surface area contributed by atoms with E-state index in [1.165, 1.54) is 37.7 Å². The van der Waals surface area contributed by atoms with Gasteiger partial charge in [-0.1, -0.05) is 43.2 Å². The highest BCUT2D eigenvalue weighted by atomic mass is 14.9. The zero-order valence-electron chi connectivity index (χ0n) is 10.6. The van der Waals surface area contributed by atoms with Crippen molar-refractivity contribution in [3.63, 3.8) is 0 Å². The Morgan fingerprint density at radius 1 is 1.24 bits per heavy atom. The molecule has 1 heteroatoms. The van der Waals surface area contributed by atoms with E-state index in [9.17, 15) is 0 Å². The van der Waals surface area contributed by atoms with E-state index in [1.54, 1.807) is 5.56 Å². The van der Waals surface area contributed by atoms with Crippen molar-refractivity contribution in [2.75, 3.05) is 6.54 Å². The lowest BCUT2D eigenvalue weighted by atomic mass is 9.91. The molecule has 0 bridgehead atoms. The van der Waals surface area contributed by atoms with Gasteiger partial charge in [0.1, 0.15) is 0 Å². The zero-order valence-corrected chi connectivity index (χ0v) is 10.6. The molecule has 1 unspecified atom stereocenters. The summed E-state index contributed by atoms with van der Waals surface area (Å²) in [5.41, 5.74) is 3.07. The Morgan fingerprint density at radius 2 is 2.12 bits per heavy atom. The fourth-order valence-corrected chi connectivity index (χ4v) is 2.66. The summed E-state index contributed by atoms with van der Waals surface area (Å²) in [6, 6.07) is 9.47. The Balaban J connectivity index is 1.84. The molecule has 1 aliphatic heterocycles. The minimum absolute atomic E-state index is 0.587. The predicted octanol–water partition coefficient (Wildman–Crippen LogP) is 4.01. The van der Waals surface area contributed by atoms with Gasteiger partial charge in [-0.05, 0) is 43.4 Å². The lowest BCUT2D eigenvalue weighted by Gasteiger charge is -2.27. The average Bonchev–Trinajstić information content (AvgIpc) is 2.39. The molecule has 17 heavy (non-hydrogen) atoms. The highest BCUT2D eigenvalue weighted by molar-refractivity contribution is 5.32. The lowest BCUT2D eigenvalue weighted by Crippen LogP contribution is -2.29. The molecule has 0 saturated carbocycles. The molecule has 0 saturated heterocycles. The first-order valence-corrected chi connectivity index (χ1v) is 6.84. The van der Waals surface area contributed by atoms with Crippen molar-refractivity contribution in [2.45, 2.75) is 44.6 Å². The smallest absolute Gasteiger partial charge is 0.0323 e. The van der Waals surface area contributed by atoms with Gasteiger partial charge in [-0.3, -0.25) is 0 Å². The molecule has 0 aromatic heterocycles. The molecular formula is C16H23N. The fraction of sp³-hybridized carbons (Fsp3) is 0.500. The van der Waals surface area contributed by atoms with Gasteiger partial charge < -0.3 is 5.32 Å². The maximum Gasteiger partial charge on any atom is 0.0323 e. The van der Waals surface area contributed by atoms with Crippen molar-refractivity contribution < 1.29 is 0 Å². The van der Waals surface area contributed by atoms with Gasteiger partial charge in [0.25, 0.3) is 0 Å². The molecular weight excluding hydrogens is 206 g/mol. The Morgan fingerprint density at radius 3 is 3.00 bits per heavy atom. The topological polar surface area (TPSA) is 12.0 Å². The number of hydrogen-bond donors (Lipinski definition) is 1. The van der Waals surface area contributed by atoms with Crippen LogP contribution in [-0.2, 0) is 6.42 Å². The number of fused-ring (bicyclic) bond motifs is 1. The van der Waals surface area contributed by atoms with Crippen molar-refractivity contribution in [3.8, 4) is 0 Å². The molecule has 0 aliphatic carbocycles. The van der Waals surface area contributed by atoms with Gasteiger partial charge in [0.05, 0.1) is 0 Å². The van der Waals surface area contributed by atoms with Crippen molar-refractivity contribution in [2.24, 2.45) is 0 Å². The number of rotatable bonds is 6. The summed E-state index contributed by atoms with van der Waals surface area (Å²) in [6.45, 7) is 4.90. The van der Waals surface area contributed by atoms with E-state index < -0.39 is 0 Å². The van der Waals surface area contributed by atoms with Crippen LogP contribution in [0.25, 0.3) is 0 Å². The second-order valence-corrected chi connectivity index (χ2v) is 4.88. The fourth-order valence-electron chi connectivity index (χ4n) is 2.66. The molecule has 1 aromatic rings. The summed E-state index contributed by atoms with van der Waals surface area (Å²) in [6.07, 6.45) is 9.57. The van der Waals surface area contributed by atoms with Crippen LogP contribution in [0.1, 0.15) is 49.3 Å². The second kappa shape index (κ2) is 6.61. The Hall–Kier alpha value is -1.08. The summed E-state index contributed by atoms with van der Waals surface area (Å²) in [4.78, 5) is 0. The molecule has 0 amide bonds. The maximum atomic E-state index is 3.77. The van der Waals surface area contributed by atoms with Crippen LogP contribution in [0.5, 0.6) is 0 Å². The van der Waals surface area contributed by atoms with E-state index in [-0.39, 0.29) is 0 Å². The third-order valence-electron chi connectivity index (χ3n) is 3.62. The first-order chi connectivity index (χ1) is 8.42. The van der Waals surface area contributed by atoms with Crippen LogP contribution in [0.4, 0.5) is 0 Å². The second-order valence-electron chi connectivity index (χ2n) is 4.88. The molecule has 2 rings (SSSR count). The van der Waals surface area contributed by atoms with Crippen LogP contribution in [0.3, 0.4) is 0 Å². The number of allylic oxidation sites excluding steroid dienone is 1. The Kier molecular flexibility index (Phi) is 4.81. The van der Waals surface area contributed by atoms with E-state index >= 15 is 0 Å².